The second kappa shape index (κ2) is 6.76. The Bertz CT molecular complexity index is 392. The molecule has 1 saturated heterocycles. The van der Waals surface area contributed by atoms with E-state index in [2.05, 4.69) is 11.4 Å². The van der Waals surface area contributed by atoms with E-state index in [9.17, 15) is 4.79 Å². The Morgan fingerprint density at radius 3 is 2.44 bits per heavy atom. The van der Waals surface area contributed by atoms with E-state index in [1.54, 1.807) is 0 Å². The van der Waals surface area contributed by atoms with Crippen molar-refractivity contribution in [3.8, 4) is 0 Å². The number of aryl methyl sites for hydroxylation is 2. The Labute approximate surface area is 115 Å². The number of hydrogen-bond acceptors (Lipinski definition) is 2. The van der Waals surface area contributed by atoms with Gasteiger partial charge in [-0.05, 0) is 38.9 Å². The van der Waals surface area contributed by atoms with Crippen LogP contribution in [0.4, 0.5) is 0 Å². The van der Waals surface area contributed by atoms with Crippen LogP contribution in [0.5, 0.6) is 0 Å². The molecule has 0 aliphatic carbocycles. The van der Waals surface area contributed by atoms with E-state index in [-0.39, 0.29) is 18.3 Å². The first-order valence-corrected chi connectivity index (χ1v) is 6.25. The minimum Gasteiger partial charge on any atom is -0.337 e. The average Bonchev–Trinajstić information content (AvgIpc) is 2.55. The lowest BCUT2D eigenvalue weighted by Gasteiger charge is -2.20. The van der Waals surface area contributed by atoms with E-state index in [4.69, 9.17) is 0 Å². The molecule has 1 aliphatic heterocycles. The fourth-order valence-electron chi connectivity index (χ4n) is 2.33. The summed E-state index contributed by atoms with van der Waals surface area (Å²) in [5, 5.41) is 3.31. The average molecular weight is 269 g/mol. The molecule has 1 aromatic rings. The maximum Gasteiger partial charge on any atom is 0.253 e. The zero-order valence-corrected chi connectivity index (χ0v) is 11.8. The largest absolute Gasteiger partial charge is 0.337 e. The number of amides is 1. The highest BCUT2D eigenvalue weighted by atomic mass is 35.5. The Kier molecular flexibility index (Phi) is 5.63. The molecule has 2 rings (SSSR count). The summed E-state index contributed by atoms with van der Waals surface area (Å²) >= 11 is 0. The van der Waals surface area contributed by atoms with Crippen molar-refractivity contribution in [2.24, 2.45) is 0 Å². The minimum absolute atomic E-state index is 0. The summed E-state index contributed by atoms with van der Waals surface area (Å²) in [5.41, 5.74) is 3.13. The fourth-order valence-corrected chi connectivity index (χ4v) is 2.33. The van der Waals surface area contributed by atoms with Crippen LogP contribution in [0.1, 0.15) is 27.9 Å². The number of benzene rings is 1. The predicted molar refractivity (Wildman–Crippen MR) is 76.6 cm³/mol. The summed E-state index contributed by atoms with van der Waals surface area (Å²) in [6.07, 6.45) is 1.04. The Hall–Kier alpha value is -1.06. The molecular formula is C14H21ClN2O. The topological polar surface area (TPSA) is 32.3 Å². The molecule has 0 bridgehead atoms. The van der Waals surface area contributed by atoms with Gasteiger partial charge in [0.15, 0.2) is 0 Å². The Morgan fingerprint density at radius 1 is 1.11 bits per heavy atom. The number of nitrogens with zero attached hydrogens (tertiary/aromatic N) is 1. The van der Waals surface area contributed by atoms with Crippen molar-refractivity contribution in [1.29, 1.82) is 0 Å². The van der Waals surface area contributed by atoms with E-state index in [1.807, 2.05) is 30.9 Å². The highest BCUT2D eigenvalue weighted by Crippen LogP contribution is 2.12. The van der Waals surface area contributed by atoms with E-state index in [0.717, 1.165) is 49.3 Å². The number of rotatable bonds is 1. The molecule has 0 spiro atoms. The molecule has 0 aromatic heterocycles. The van der Waals surface area contributed by atoms with Crippen molar-refractivity contribution in [3.05, 3.63) is 34.9 Å². The molecule has 0 saturated carbocycles. The zero-order valence-electron chi connectivity index (χ0n) is 11.0. The smallest absolute Gasteiger partial charge is 0.253 e. The molecule has 1 fully saturated rings. The summed E-state index contributed by atoms with van der Waals surface area (Å²) in [4.78, 5) is 14.3. The van der Waals surface area contributed by atoms with Gasteiger partial charge in [-0.25, -0.2) is 0 Å². The normalized spacial score (nSPS) is 15.8. The SMILES string of the molecule is Cc1cc(C)cc(C(=O)N2CCCNCC2)c1.Cl. The van der Waals surface area contributed by atoms with E-state index in [0.29, 0.717) is 0 Å². The summed E-state index contributed by atoms with van der Waals surface area (Å²) < 4.78 is 0. The lowest BCUT2D eigenvalue weighted by Crippen LogP contribution is -2.34. The number of halogens is 1. The molecule has 0 unspecified atom stereocenters. The molecule has 1 heterocycles. The van der Waals surface area contributed by atoms with Crippen LogP contribution in [0.3, 0.4) is 0 Å². The molecule has 1 aromatic carbocycles. The van der Waals surface area contributed by atoms with Crippen molar-refractivity contribution < 1.29 is 4.79 Å². The van der Waals surface area contributed by atoms with E-state index < -0.39 is 0 Å². The van der Waals surface area contributed by atoms with Crippen LogP contribution in [0, 0.1) is 13.8 Å². The number of hydrogen-bond donors (Lipinski definition) is 1. The van der Waals surface area contributed by atoms with Crippen LogP contribution in [-0.4, -0.2) is 37.0 Å². The molecular weight excluding hydrogens is 248 g/mol. The van der Waals surface area contributed by atoms with Crippen LogP contribution in [0.2, 0.25) is 0 Å². The number of carbonyl (C=O) groups is 1. The maximum absolute atomic E-state index is 12.4. The van der Waals surface area contributed by atoms with Gasteiger partial charge in [-0.3, -0.25) is 4.79 Å². The predicted octanol–water partition coefficient (Wildman–Crippen LogP) is 2.16. The van der Waals surface area contributed by atoms with Crippen LogP contribution in [0.15, 0.2) is 18.2 Å². The van der Waals surface area contributed by atoms with Crippen LogP contribution < -0.4 is 5.32 Å². The fraction of sp³-hybridized carbons (Fsp3) is 0.500. The summed E-state index contributed by atoms with van der Waals surface area (Å²) in [6.45, 7) is 7.65. The molecule has 100 valence electrons. The standard InChI is InChI=1S/C14H20N2O.ClH/c1-11-8-12(2)10-13(9-11)14(17)16-6-3-4-15-5-7-16;/h8-10,15H,3-7H2,1-2H3;1H. The second-order valence-electron chi connectivity index (χ2n) is 4.77. The summed E-state index contributed by atoms with van der Waals surface area (Å²) in [6, 6.07) is 6.06. The minimum atomic E-state index is 0. The van der Waals surface area contributed by atoms with Gasteiger partial charge in [0, 0.05) is 25.2 Å². The molecule has 1 N–H and O–H groups in total. The van der Waals surface area contributed by atoms with Crippen LogP contribution in [0.25, 0.3) is 0 Å². The first-order chi connectivity index (χ1) is 8.16. The molecule has 4 heteroatoms. The Balaban J connectivity index is 0.00000162. The van der Waals surface area contributed by atoms with Gasteiger partial charge in [-0.2, -0.15) is 0 Å². The maximum atomic E-state index is 12.4. The number of nitrogens with one attached hydrogen (secondary N) is 1. The lowest BCUT2D eigenvalue weighted by atomic mass is 10.1. The Morgan fingerprint density at radius 2 is 1.78 bits per heavy atom. The van der Waals surface area contributed by atoms with Crippen LogP contribution in [-0.2, 0) is 0 Å². The first-order valence-electron chi connectivity index (χ1n) is 6.25. The van der Waals surface area contributed by atoms with Gasteiger partial charge in [-0.15, -0.1) is 12.4 Å². The second-order valence-corrected chi connectivity index (χ2v) is 4.77. The third-order valence-corrected chi connectivity index (χ3v) is 3.10. The van der Waals surface area contributed by atoms with Gasteiger partial charge in [0.25, 0.3) is 5.91 Å². The summed E-state index contributed by atoms with van der Waals surface area (Å²) in [7, 11) is 0. The van der Waals surface area contributed by atoms with Crippen molar-refractivity contribution in [3.63, 3.8) is 0 Å². The van der Waals surface area contributed by atoms with Crippen molar-refractivity contribution in [1.82, 2.24) is 10.2 Å². The van der Waals surface area contributed by atoms with Gasteiger partial charge < -0.3 is 10.2 Å². The molecule has 0 atom stereocenters. The molecule has 18 heavy (non-hydrogen) atoms. The van der Waals surface area contributed by atoms with Gasteiger partial charge >= 0.3 is 0 Å². The van der Waals surface area contributed by atoms with Gasteiger partial charge in [0.1, 0.15) is 0 Å². The molecule has 1 aliphatic rings. The number of carbonyl (C=O) groups excluding carboxylic acids is 1. The summed E-state index contributed by atoms with van der Waals surface area (Å²) in [5.74, 6) is 0.167. The van der Waals surface area contributed by atoms with E-state index in [1.165, 1.54) is 0 Å². The van der Waals surface area contributed by atoms with Crippen molar-refractivity contribution in [2.75, 3.05) is 26.2 Å². The quantitative estimate of drug-likeness (QED) is 0.847. The first kappa shape index (κ1) is 15.0. The monoisotopic (exact) mass is 268 g/mol. The van der Waals surface area contributed by atoms with E-state index >= 15 is 0 Å². The van der Waals surface area contributed by atoms with Gasteiger partial charge in [0.05, 0.1) is 0 Å². The highest BCUT2D eigenvalue weighted by molar-refractivity contribution is 5.94. The van der Waals surface area contributed by atoms with Crippen molar-refractivity contribution in [2.45, 2.75) is 20.3 Å². The zero-order chi connectivity index (χ0) is 12.3. The van der Waals surface area contributed by atoms with Gasteiger partial charge in [0.2, 0.25) is 0 Å². The third kappa shape index (κ3) is 3.72. The molecule has 0 radical (unpaired) electrons. The molecule has 1 amide bonds. The van der Waals surface area contributed by atoms with Gasteiger partial charge in [-0.1, -0.05) is 17.2 Å². The third-order valence-electron chi connectivity index (χ3n) is 3.10. The van der Waals surface area contributed by atoms with Crippen molar-refractivity contribution >= 4 is 18.3 Å². The molecule has 3 nitrogen and oxygen atoms in total. The highest BCUT2D eigenvalue weighted by Gasteiger charge is 2.17. The van der Waals surface area contributed by atoms with Crippen LogP contribution >= 0.6 is 12.4 Å². The lowest BCUT2D eigenvalue weighted by molar-refractivity contribution is 0.0766.